The Balaban J connectivity index is 1.67. The maximum Gasteiger partial charge on any atom is 0.212 e. The Kier molecular flexibility index (Phi) is 11.1. The zero-order valence-electron chi connectivity index (χ0n) is 21.6. The van der Waals surface area contributed by atoms with Gasteiger partial charge in [-0.3, -0.25) is 4.68 Å². The smallest absolute Gasteiger partial charge is 0.212 e. The minimum absolute atomic E-state index is 0.0746. The van der Waals surface area contributed by atoms with Gasteiger partial charge in [0, 0.05) is 7.05 Å². The summed E-state index contributed by atoms with van der Waals surface area (Å²) in [6, 6.07) is 19.5. The number of benzene rings is 2. The molecule has 0 aliphatic rings. The third kappa shape index (κ3) is 9.13. The minimum Gasteiger partial charge on any atom is -0.369 e. The van der Waals surface area contributed by atoms with Gasteiger partial charge in [-0.2, -0.15) is 5.10 Å². The molecule has 0 amide bonds. The first-order valence-electron chi connectivity index (χ1n) is 12.7. The zero-order valence-corrected chi connectivity index (χ0v) is 22.5. The fourth-order valence-corrected chi connectivity index (χ4v) is 5.32. The Labute approximate surface area is 215 Å². The van der Waals surface area contributed by atoms with Crippen LogP contribution in [0.15, 0.2) is 60.7 Å². The van der Waals surface area contributed by atoms with Crippen molar-refractivity contribution < 1.29 is 13.2 Å². The molecular weight excluding hydrogens is 474 g/mol. The number of nitrogens with one attached hydrogen (secondary N) is 1. The molecule has 0 aliphatic carbocycles. The first kappa shape index (κ1) is 28.0. The summed E-state index contributed by atoms with van der Waals surface area (Å²) in [7, 11) is -1.69. The lowest BCUT2D eigenvalue weighted by Crippen LogP contribution is -2.33. The summed E-state index contributed by atoms with van der Waals surface area (Å²) in [6.07, 6.45) is 1.86. The number of ether oxygens (including phenoxy) is 1. The highest BCUT2D eigenvalue weighted by atomic mass is 32.2. The van der Waals surface area contributed by atoms with Crippen molar-refractivity contribution in [3.05, 3.63) is 83.4 Å². The van der Waals surface area contributed by atoms with Crippen molar-refractivity contribution in [1.29, 1.82) is 0 Å². The summed E-state index contributed by atoms with van der Waals surface area (Å²) in [6.45, 7) is 7.52. The summed E-state index contributed by atoms with van der Waals surface area (Å²) in [5, 5.41) is 4.56. The van der Waals surface area contributed by atoms with E-state index in [4.69, 9.17) is 4.74 Å². The SMILES string of the molecule is CCN(CC)CCCS(=O)(=O)N[C@H](CCc1ccccc1)c1nc(COCc2ccccc2)n(C)n1. The molecular formula is C27H39N5O3S. The van der Waals surface area contributed by atoms with E-state index in [1.165, 1.54) is 0 Å². The predicted octanol–water partition coefficient (Wildman–Crippen LogP) is 3.86. The standard InChI is InChI=1S/C27H39N5O3S/c1-4-32(5-2)19-12-20-36(33,34)30-25(18-17-23-13-8-6-9-14-23)27-28-26(31(3)29-27)22-35-21-24-15-10-7-11-16-24/h6-11,13-16,25,30H,4-5,12,17-22H2,1-3H3/t25-/m1/s1. The van der Waals surface area contributed by atoms with E-state index in [1.807, 2.05) is 67.7 Å². The summed E-state index contributed by atoms with van der Waals surface area (Å²) in [4.78, 5) is 6.89. The van der Waals surface area contributed by atoms with Crippen LogP contribution in [0.4, 0.5) is 0 Å². The molecule has 2 aromatic carbocycles. The van der Waals surface area contributed by atoms with Gasteiger partial charge < -0.3 is 9.64 Å². The third-order valence-corrected chi connectivity index (χ3v) is 7.66. The normalized spacial score (nSPS) is 12.8. The van der Waals surface area contributed by atoms with Gasteiger partial charge >= 0.3 is 0 Å². The third-order valence-electron chi connectivity index (χ3n) is 6.19. The number of sulfonamides is 1. The van der Waals surface area contributed by atoms with Crippen molar-refractivity contribution >= 4 is 10.0 Å². The molecule has 1 atom stereocenters. The lowest BCUT2D eigenvalue weighted by atomic mass is 10.1. The van der Waals surface area contributed by atoms with E-state index < -0.39 is 16.1 Å². The van der Waals surface area contributed by atoms with E-state index in [-0.39, 0.29) is 5.75 Å². The van der Waals surface area contributed by atoms with Crippen molar-refractivity contribution in [3.8, 4) is 0 Å². The first-order chi connectivity index (χ1) is 17.4. The molecule has 1 aromatic heterocycles. The van der Waals surface area contributed by atoms with E-state index >= 15 is 0 Å². The lowest BCUT2D eigenvalue weighted by molar-refractivity contribution is 0.0993. The molecule has 0 spiro atoms. The molecule has 0 saturated heterocycles. The monoisotopic (exact) mass is 513 g/mol. The van der Waals surface area contributed by atoms with Crippen LogP contribution in [0.5, 0.6) is 0 Å². The van der Waals surface area contributed by atoms with Crippen LogP contribution < -0.4 is 4.72 Å². The van der Waals surface area contributed by atoms with E-state index in [1.54, 1.807) is 4.68 Å². The molecule has 196 valence electrons. The van der Waals surface area contributed by atoms with Crippen LogP contribution in [-0.2, 0) is 41.4 Å². The Hall–Kier alpha value is -2.59. The number of rotatable bonds is 16. The summed E-state index contributed by atoms with van der Waals surface area (Å²) in [5.41, 5.74) is 2.23. The van der Waals surface area contributed by atoms with Gasteiger partial charge in [-0.1, -0.05) is 74.5 Å². The quantitative estimate of drug-likeness (QED) is 0.313. The lowest BCUT2D eigenvalue weighted by Gasteiger charge is -2.19. The second-order valence-corrected chi connectivity index (χ2v) is 10.8. The molecule has 0 fully saturated rings. The highest BCUT2D eigenvalue weighted by Crippen LogP contribution is 2.19. The largest absolute Gasteiger partial charge is 0.369 e. The fourth-order valence-electron chi connectivity index (χ4n) is 4.04. The number of aromatic nitrogens is 3. The van der Waals surface area contributed by atoms with E-state index in [0.29, 0.717) is 44.1 Å². The molecule has 1 heterocycles. The van der Waals surface area contributed by atoms with Gasteiger partial charge in [0.25, 0.3) is 0 Å². The number of aryl methyl sites for hydroxylation is 2. The molecule has 0 radical (unpaired) electrons. The van der Waals surface area contributed by atoms with Gasteiger partial charge in [-0.15, -0.1) is 0 Å². The Morgan fingerprint density at radius 1 is 0.972 bits per heavy atom. The maximum absolute atomic E-state index is 13.0. The number of hydrogen-bond acceptors (Lipinski definition) is 6. The molecule has 0 saturated carbocycles. The molecule has 9 heteroatoms. The van der Waals surface area contributed by atoms with Crippen molar-refractivity contribution in [3.63, 3.8) is 0 Å². The highest BCUT2D eigenvalue weighted by molar-refractivity contribution is 7.89. The minimum atomic E-state index is -3.50. The molecule has 1 N–H and O–H groups in total. The van der Waals surface area contributed by atoms with E-state index in [2.05, 4.69) is 33.6 Å². The molecule has 0 bridgehead atoms. The van der Waals surface area contributed by atoms with Gasteiger partial charge in [0.05, 0.1) is 18.4 Å². The van der Waals surface area contributed by atoms with Gasteiger partial charge in [-0.25, -0.2) is 18.1 Å². The molecule has 8 nitrogen and oxygen atoms in total. The summed E-state index contributed by atoms with van der Waals surface area (Å²) >= 11 is 0. The van der Waals surface area contributed by atoms with Crippen LogP contribution in [0, 0.1) is 0 Å². The topological polar surface area (TPSA) is 89.4 Å². The van der Waals surface area contributed by atoms with Crippen LogP contribution in [-0.4, -0.2) is 53.5 Å². The average molecular weight is 514 g/mol. The molecule has 0 aliphatic heterocycles. The van der Waals surface area contributed by atoms with Gasteiger partial charge in [-0.05, 0) is 50.0 Å². The van der Waals surface area contributed by atoms with E-state index in [9.17, 15) is 8.42 Å². The van der Waals surface area contributed by atoms with Crippen molar-refractivity contribution in [2.24, 2.45) is 7.05 Å². The Bertz CT molecular complexity index is 1130. The van der Waals surface area contributed by atoms with Gasteiger partial charge in [0.15, 0.2) is 11.6 Å². The average Bonchev–Trinajstić information content (AvgIpc) is 3.26. The zero-order chi connectivity index (χ0) is 25.8. The molecule has 3 rings (SSSR count). The van der Waals surface area contributed by atoms with Crippen LogP contribution in [0.3, 0.4) is 0 Å². The predicted molar refractivity (Wildman–Crippen MR) is 143 cm³/mol. The number of hydrogen-bond donors (Lipinski definition) is 1. The second-order valence-electron chi connectivity index (χ2n) is 8.88. The fraction of sp³-hybridized carbons (Fsp3) is 0.481. The number of nitrogens with zero attached hydrogens (tertiary/aromatic N) is 4. The highest BCUT2D eigenvalue weighted by Gasteiger charge is 2.24. The molecule has 3 aromatic rings. The van der Waals surface area contributed by atoms with E-state index in [0.717, 1.165) is 30.8 Å². The Morgan fingerprint density at radius 2 is 1.61 bits per heavy atom. The van der Waals surface area contributed by atoms with Crippen molar-refractivity contribution in [2.75, 3.05) is 25.4 Å². The molecule has 0 unspecified atom stereocenters. The van der Waals surface area contributed by atoms with Crippen LogP contribution >= 0.6 is 0 Å². The first-order valence-corrected chi connectivity index (χ1v) is 14.3. The summed E-state index contributed by atoms with van der Waals surface area (Å²) < 4.78 is 36.4. The van der Waals surface area contributed by atoms with Gasteiger partial charge in [0.2, 0.25) is 10.0 Å². The second kappa shape index (κ2) is 14.2. The maximum atomic E-state index is 13.0. The van der Waals surface area contributed by atoms with Crippen LogP contribution in [0.2, 0.25) is 0 Å². The summed E-state index contributed by atoms with van der Waals surface area (Å²) in [5.74, 6) is 1.20. The Morgan fingerprint density at radius 3 is 2.25 bits per heavy atom. The van der Waals surface area contributed by atoms with Crippen molar-refractivity contribution in [1.82, 2.24) is 24.4 Å². The van der Waals surface area contributed by atoms with Gasteiger partial charge in [0.1, 0.15) is 6.61 Å². The molecule has 36 heavy (non-hydrogen) atoms. The van der Waals surface area contributed by atoms with Crippen LogP contribution in [0.25, 0.3) is 0 Å². The van der Waals surface area contributed by atoms with Crippen LogP contribution in [0.1, 0.15) is 55.5 Å². The van der Waals surface area contributed by atoms with Crippen molar-refractivity contribution in [2.45, 2.75) is 52.4 Å².